The van der Waals surface area contributed by atoms with E-state index in [1.807, 2.05) is 23.5 Å². The lowest BCUT2D eigenvalue weighted by atomic mass is 9.05. The van der Waals surface area contributed by atoms with Crippen LogP contribution in [0.4, 0.5) is 0 Å². The van der Waals surface area contributed by atoms with E-state index >= 15 is 0 Å². The zero-order chi connectivity index (χ0) is 21.5. The summed E-state index contributed by atoms with van der Waals surface area (Å²) in [6.07, 6.45) is 0. The Hall–Kier alpha value is -0.0808. The number of rotatable bonds is 1. The summed E-state index contributed by atoms with van der Waals surface area (Å²) in [4.78, 5) is 14.1. The molecule has 15 heteroatoms. The van der Waals surface area contributed by atoms with Crippen molar-refractivity contribution in [2.45, 2.75) is 26.4 Å². The first-order chi connectivity index (χ1) is 11.8. The van der Waals surface area contributed by atoms with Crippen molar-refractivity contribution >= 4 is 133 Å². The number of Topliss-reactive ketones (excluding diaryl/α,β-unsaturated/α-hetero) is 1. The minimum Gasteiger partial charge on any atom is -0.316 e. The zero-order valence-electron chi connectivity index (χ0n) is 19.4. The molecule has 27 heavy (non-hydrogen) atoms. The van der Waals surface area contributed by atoms with Crippen LogP contribution in [0.1, 0.15) is 5.56 Å². The number of carbonyl (C=O) groups excluding carboxylic acids is 1. The Morgan fingerprint density at radius 3 is 1.52 bits per heavy atom. The van der Waals surface area contributed by atoms with Gasteiger partial charge in [-0.3, -0.25) is 4.79 Å². The summed E-state index contributed by atoms with van der Waals surface area (Å²) < 4.78 is 0. The summed E-state index contributed by atoms with van der Waals surface area (Å²) in [5.74, 6) is 0.0805. The summed E-state index contributed by atoms with van der Waals surface area (Å²) in [6.45, 7) is 0. The third kappa shape index (κ3) is 2.44. The summed E-state index contributed by atoms with van der Waals surface area (Å²) in [5, 5.41) is -0.902. The number of ketones is 1. The van der Waals surface area contributed by atoms with Crippen LogP contribution in [-0.4, -0.2) is 99.9 Å². The van der Waals surface area contributed by atoms with Crippen molar-refractivity contribution < 1.29 is 4.79 Å². The lowest BCUT2D eigenvalue weighted by Crippen LogP contribution is -2.73. The van der Waals surface area contributed by atoms with E-state index in [9.17, 15) is 4.79 Å². The van der Waals surface area contributed by atoms with Gasteiger partial charge in [0.15, 0.2) is 0 Å². The Kier molecular flexibility index (Phi) is 5.33. The van der Waals surface area contributed by atoms with E-state index in [1.165, 1.54) is 10.9 Å². The highest BCUT2D eigenvalue weighted by Gasteiger charge is 2.70. The Morgan fingerprint density at radius 2 is 1.07 bits per heavy atom. The van der Waals surface area contributed by atoms with Gasteiger partial charge in [-0.1, -0.05) is 38.2 Å². The second kappa shape index (κ2) is 6.21. The van der Waals surface area contributed by atoms with Gasteiger partial charge in [0.1, 0.15) is 68.6 Å². The fraction of sp³-hybridized carbons (Fsp3) is 0.417. The molecule has 0 radical (unpaired) electrons. The fourth-order valence-corrected chi connectivity index (χ4v) is 5.71. The highest BCUT2D eigenvalue weighted by molar-refractivity contribution is 6.72. The van der Waals surface area contributed by atoms with Crippen molar-refractivity contribution in [2.75, 3.05) is 0 Å². The van der Waals surface area contributed by atoms with E-state index < -0.39 is 16.0 Å². The fourth-order valence-electron chi connectivity index (χ4n) is 5.28. The molecule has 0 heterocycles. The maximum Gasteiger partial charge on any atom is 0.146 e. The summed E-state index contributed by atoms with van der Waals surface area (Å²) >= 11 is 6.92. The van der Waals surface area contributed by atoms with Gasteiger partial charge in [0.25, 0.3) is 0 Å². The predicted octanol–water partition coefficient (Wildman–Crippen LogP) is -12.4. The van der Waals surface area contributed by atoms with E-state index in [0.29, 0.717) is 5.02 Å². The van der Waals surface area contributed by atoms with E-state index in [0.717, 1.165) is 16.5 Å². The molecular formula is C12H26B12ClNO. The molecule has 1 unspecified atom stereocenters. The Labute approximate surface area is 180 Å². The SMILES string of the molecule is Bc1c(B)c(B)c(C2(N)C(=O)C(B)(B)C(B)(B)C(B)(B)C2(B)B)c(Cl)c1B. The summed E-state index contributed by atoms with van der Waals surface area (Å²) in [6, 6.07) is 0. The van der Waals surface area contributed by atoms with Crippen molar-refractivity contribution in [3.63, 3.8) is 0 Å². The van der Waals surface area contributed by atoms with Crippen molar-refractivity contribution in [2.24, 2.45) is 5.73 Å². The smallest absolute Gasteiger partial charge is 0.146 e. The molecule has 1 saturated carbocycles. The topological polar surface area (TPSA) is 43.1 Å². The van der Waals surface area contributed by atoms with Gasteiger partial charge < -0.3 is 5.73 Å². The number of hydrogen-bond donors (Lipinski definition) is 1. The van der Waals surface area contributed by atoms with Crippen LogP contribution in [0.15, 0.2) is 0 Å². The second-order valence-corrected chi connectivity index (χ2v) is 11.2. The van der Waals surface area contributed by atoms with Gasteiger partial charge in [-0.25, -0.2) is 0 Å². The van der Waals surface area contributed by atoms with Gasteiger partial charge in [0.05, 0.1) is 36.9 Å². The average Bonchev–Trinajstić information content (AvgIpc) is 2.55. The molecule has 0 spiro atoms. The normalized spacial score (nSPS) is 27.9. The number of carbonyl (C=O) groups is 1. The molecule has 0 aromatic heterocycles. The second-order valence-electron chi connectivity index (χ2n) is 10.8. The van der Waals surface area contributed by atoms with Crippen molar-refractivity contribution in [1.29, 1.82) is 0 Å². The molecule has 1 aromatic rings. The Balaban J connectivity index is 3.06. The Morgan fingerprint density at radius 1 is 0.667 bits per heavy atom. The monoisotopic (exact) mass is 367 g/mol. The first kappa shape index (κ1) is 23.2. The minimum atomic E-state index is -1.17. The van der Waals surface area contributed by atoms with Gasteiger partial charge in [-0.15, -0.1) is 10.9 Å². The van der Waals surface area contributed by atoms with Gasteiger partial charge in [-0.2, -0.15) is 0 Å². The predicted molar refractivity (Wildman–Crippen MR) is 154 cm³/mol. The van der Waals surface area contributed by atoms with Crippen LogP contribution in [-0.2, 0) is 10.3 Å². The molecule has 2 nitrogen and oxygen atoms in total. The van der Waals surface area contributed by atoms with Crippen molar-refractivity contribution in [3.8, 4) is 0 Å². The van der Waals surface area contributed by atoms with Gasteiger partial charge in [0, 0.05) is 5.02 Å². The quantitative estimate of drug-likeness (QED) is 0.503. The third-order valence-corrected chi connectivity index (χ3v) is 10.1. The van der Waals surface area contributed by atoms with Crippen molar-refractivity contribution in [1.82, 2.24) is 0 Å². The number of hydrogen-bond acceptors (Lipinski definition) is 2. The first-order valence-electron chi connectivity index (χ1n) is 9.93. The number of benzene rings is 1. The zero-order valence-corrected chi connectivity index (χ0v) is 20.1. The molecule has 0 saturated heterocycles. The highest BCUT2D eigenvalue weighted by atomic mass is 35.5. The molecule has 2 N–H and O–H groups in total. The molecule has 0 aliphatic heterocycles. The molecule has 1 aliphatic rings. The van der Waals surface area contributed by atoms with Crippen LogP contribution in [0.3, 0.4) is 0 Å². The van der Waals surface area contributed by atoms with Crippen LogP contribution in [0.2, 0.25) is 25.9 Å². The van der Waals surface area contributed by atoms with Gasteiger partial charge in [0.2, 0.25) is 0 Å². The molecular weight excluding hydrogens is 339 g/mol. The molecule has 1 aromatic carbocycles. The molecule has 0 bridgehead atoms. The standard InChI is InChI=1S/C12H26B12ClNO/c13-2-1(6(25)5(16)4(15)3(2)14)8(26)7(27)9(17,18)11(21,22)12(23,24)10(8,19)20/h13-24,26H2. The largest absolute Gasteiger partial charge is 0.316 e. The third-order valence-electron chi connectivity index (χ3n) is 9.60. The van der Waals surface area contributed by atoms with E-state index in [4.69, 9.17) is 17.3 Å². The van der Waals surface area contributed by atoms with Crippen LogP contribution < -0.4 is 27.6 Å². The van der Waals surface area contributed by atoms with Gasteiger partial charge >= 0.3 is 0 Å². The van der Waals surface area contributed by atoms with Crippen LogP contribution >= 0.6 is 11.6 Å². The average molecular weight is 366 g/mol. The lowest BCUT2D eigenvalue weighted by molar-refractivity contribution is -0.128. The lowest BCUT2D eigenvalue weighted by Gasteiger charge is -2.71. The molecule has 1 fully saturated rings. The van der Waals surface area contributed by atoms with Crippen LogP contribution in [0.5, 0.6) is 0 Å². The molecule has 0 amide bonds. The molecule has 2 rings (SSSR count). The first-order valence-corrected chi connectivity index (χ1v) is 10.3. The highest BCUT2D eigenvalue weighted by Crippen LogP contribution is 2.74. The molecule has 128 valence electrons. The van der Waals surface area contributed by atoms with E-state index in [1.54, 1.807) is 0 Å². The van der Waals surface area contributed by atoms with Crippen LogP contribution in [0.25, 0.3) is 0 Å². The molecule has 1 aliphatic carbocycles. The summed E-state index contributed by atoms with van der Waals surface area (Å²) in [7, 11) is 25.5. The number of halogens is 1. The number of nitrogens with two attached hydrogens (primary N) is 1. The molecule has 1 atom stereocenters. The van der Waals surface area contributed by atoms with Crippen LogP contribution in [0, 0.1) is 0 Å². The van der Waals surface area contributed by atoms with E-state index in [2.05, 4.69) is 70.6 Å². The maximum atomic E-state index is 14.1. The van der Waals surface area contributed by atoms with Gasteiger partial charge in [-0.05, 0) is 10.8 Å². The van der Waals surface area contributed by atoms with Crippen molar-refractivity contribution in [3.05, 3.63) is 10.6 Å². The van der Waals surface area contributed by atoms with E-state index in [-0.39, 0.29) is 16.2 Å². The Bertz CT molecular complexity index is 824. The summed E-state index contributed by atoms with van der Waals surface area (Å²) in [5.41, 5.74) is 11.3. The minimum absolute atomic E-state index is 0.0805. The maximum absolute atomic E-state index is 14.1.